The highest BCUT2D eigenvalue weighted by Gasteiger charge is 2.53. The van der Waals surface area contributed by atoms with Crippen LogP contribution in [0.5, 0.6) is 0 Å². The standard InChI is InChI=1S/C13H17N3O6S/c14-4-6-5-23-12-9(11(20)16(12)10(6)13(21)22)15-7(17)2-1-3-8(18)19/h9,12H,1-5,14H2,(H,15,17)(H,18,19)(H,21,22)/t9-,12-/m1/s1. The maximum atomic E-state index is 12.2. The van der Waals surface area contributed by atoms with Crippen LogP contribution in [0.3, 0.4) is 0 Å². The maximum Gasteiger partial charge on any atom is 0.352 e. The van der Waals surface area contributed by atoms with E-state index >= 15 is 0 Å². The summed E-state index contributed by atoms with van der Waals surface area (Å²) in [5, 5.41) is 19.9. The number of fused-ring (bicyclic) bond motifs is 1. The summed E-state index contributed by atoms with van der Waals surface area (Å²) in [5.74, 6) is -2.72. The van der Waals surface area contributed by atoms with Crippen molar-refractivity contribution in [2.45, 2.75) is 30.7 Å². The van der Waals surface area contributed by atoms with Gasteiger partial charge in [0.2, 0.25) is 5.91 Å². The number of nitrogens with one attached hydrogen (secondary N) is 1. The summed E-state index contributed by atoms with van der Waals surface area (Å²) in [6.07, 6.45) is 0.0619. The van der Waals surface area contributed by atoms with E-state index in [1.54, 1.807) is 0 Å². The molecule has 10 heteroatoms. The van der Waals surface area contributed by atoms with Crippen molar-refractivity contribution < 1.29 is 29.4 Å². The summed E-state index contributed by atoms with van der Waals surface area (Å²) in [7, 11) is 0. The lowest BCUT2D eigenvalue weighted by molar-refractivity contribution is -0.150. The van der Waals surface area contributed by atoms with Crippen molar-refractivity contribution in [3.05, 3.63) is 11.3 Å². The van der Waals surface area contributed by atoms with E-state index in [1.807, 2.05) is 0 Å². The Bertz CT molecular complexity index is 590. The summed E-state index contributed by atoms with van der Waals surface area (Å²) in [6, 6.07) is -0.786. The van der Waals surface area contributed by atoms with E-state index < -0.39 is 35.2 Å². The molecule has 1 saturated heterocycles. The van der Waals surface area contributed by atoms with Crippen molar-refractivity contribution >= 4 is 35.5 Å². The first-order chi connectivity index (χ1) is 10.9. The molecule has 0 aromatic rings. The molecule has 2 rings (SSSR count). The minimum absolute atomic E-state index is 0.00312. The largest absolute Gasteiger partial charge is 0.481 e. The van der Waals surface area contributed by atoms with E-state index in [1.165, 1.54) is 11.8 Å². The zero-order chi connectivity index (χ0) is 17.1. The predicted octanol–water partition coefficient (Wildman–Crippen LogP) is -1.06. The van der Waals surface area contributed by atoms with E-state index in [-0.39, 0.29) is 31.5 Å². The van der Waals surface area contributed by atoms with Gasteiger partial charge in [0, 0.05) is 25.1 Å². The van der Waals surface area contributed by atoms with Crippen LogP contribution in [0, 0.1) is 0 Å². The van der Waals surface area contributed by atoms with E-state index in [0.29, 0.717) is 11.3 Å². The highest BCUT2D eigenvalue weighted by molar-refractivity contribution is 8.00. The van der Waals surface area contributed by atoms with Crippen LogP contribution in [-0.2, 0) is 19.2 Å². The van der Waals surface area contributed by atoms with Crippen molar-refractivity contribution in [3.63, 3.8) is 0 Å². The first-order valence-corrected chi connectivity index (χ1v) is 8.03. The minimum atomic E-state index is -1.21. The van der Waals surface area contributed by atoms with Gasteiger partial charge in [-0.3, -0.25) is 19.3 Å². The first-order valence-electron chi connectivity index (χ1n) is 6.98. The SMILES string of the molecule is NCC1=C(C(=O)O)N2C(=O)[C@@H](NC(=O)CCCC(=O)O)[C@H]2SC1. The molecule has 1 fully saturated rings. The molecule has 0 spiro atoms. The molecule has 0 bridgehead atoms. The number of carbonyl (C=O) groups excluding carboxylic acids is 2. The molecule has 5 N–H and O–H groups in total. The number of amides is 2. The highest BCUT2D eigenvalue weighted by atomic mass is 32.2. The van der Waals surface area contributed by atoms with Crippen LogP contribution in [-0.4, -0.2) is 62.6 Å². The van der Waals surface area contributed by atoms with E-state index in [2.05, 4.69) is 5.32 Å². The van der Waals surface area contributed by atoms with Crippen molar-refractivity contribution in [2.24, 2.45) is 5.73 Å². The van der Waals surface area contributed by atoms with E-state index in [9.17, 15) is 24.3 Å². The summed E-state index contributed by atoms with van der Waals surface area (Å²) >= 11 is 1.34. The van der Waals surface area contributed by atoms with Gasteiger partial charge in [0.15, 0.2) is 0 Å². The molecule has 0 saturated carbocycles. The molecule has 0 aliphatic carbocycles. The molecule has 2 aliphatic rings. The molecule has 2 atom stereocenters. The molecule has 0 radical (unpaired) electrons. The van der Waals surface area contributed by atoms with Gasteiger partial charge in [0.05, 0.1) is 0 Å². The molecular weight excluding hydrogens is 326 g/mol. The number of aliphatic carboxylic acids is 2. The fraction of sp³-hybridized carbons (Fsp3) is 0.538. The summed E-state index contributed by atoms with van der Waals surface area (Å²) in [5.41, 5.74) is 5.90. The monoisotopic (exact) mass is 343 g/mol. The maximum absolute atomic E-state index is 12.2. The Morgan fingerprint density at radius 3 is 2.57 bits per heavy atom. The second kappa shape index (κ2) is 7.01. The predicted molar refractivity (Wildman–Crippen MR) is 80.2 cm³/mol. The van der Waals surface area contributed by atoms with E-state index in [0.717, 1.165) is 4.90 Å². The zero-order valence-electron chi connectivity index (χ0n) is 12.2. The normalized spacial score (nSPS) is 23.2. The third-order valence-corrected chi connectivity index (χ3v) is 4.95. The van der Waals surface area contributed by atoms with Gasteiger partial charge in [-0.2, -0.15) is 0 Å². The summed E-state index contributed by atoms with van der Waals surface area (Å²) in [4.78, 5) is 46.8. The smallest absolute Gasteiger partial charge is 0.352 e. The van der Waals surface area contributed by atoms with Gasteiger partial charge in [-0.25, -0.2) is 4.79 Å². The van der Waals surface area contributed by atoms with Gasteiger partial charge in [-0.1, -0.05) is 0 Å². The fourth-order valence-electron chi connectivity index (χ4n) is 2.49. The summed E-state index contributed by atoms with van der Waals surface area (Å²) in [6.45, 7) is 0.0529. The average Bonchev–Trinajstić information content (AvgIpc) is 2.50. The minimum Gasteiger partial charge on any atom is -0.481 e. The lowest BCUT2D eigenvalue weighted by Crippen LogP contribution is -2.70. The third kappa shape index (κ3) is 3.48. The van der Waals surface area contributed by atoms with Gasteiger partial charge in [-0.15, -0.1) is 11.8 Å². The first kappa shape index (κ1) is 17.3. The highest BCUT2D eigenvalue weighted by Crippen LogP contribution is 2.40. The number of rotatable bonds is 7. The van der Waals surface area contributed by atoms with Gasteiger partial charge in [0.1, 0.15) is 17.1 Å². The van der Waals surface area contributed by atoms with Crippen LogP contribution in [0.25, 0.3) is 0 Å². The second-order valence-corrected chi connectivity index (χ2v) is 6.27. The molecule has 9 nitrogen and oxygen atoms in total. The molecule has 0 unspecified atom stereocenters. The Hall–Kier alpha value is -2.07. The number of carboxylic acid groups (broad SMARTS) is 2. The number of nitrogens with zero attached hydrogens (tertiary/aromatic N) is 1. The van der Waals surface area contributed by atoms with Crippen molar-refractivity contribution in [2.75, 3.05) is 12.3 Å². The lowest BCUT2D eigenvalue weighted by Gasteiger charge is -2.49. The number of β-lactam (4-membered cyclic amide) rings is 1. The Balaban J connectivity index is 1.98. The quantitative estimate of drug-likeness (QED) is 0.427. The van der Waals surface area contributed by atoms with Gasteiger partial charge < -0.3 is 21.3 Å². The van der Waals surface area contributed by atoms with Crippen LogP contribution in [0.4, 0.5) is 0 Å². The molecule has 2 heterocycles. The van der Waals surface area contributed by atoms with Crippen molar-refractivity contribution in [1.29, 1.82) is 0 Å². The number of thioether (sulfide) groups is 1. The zero-order valence-corrected chi connectivity index (χ0v) is 13.0. The molecule has 2 aliphatic heterocycles. The Morgan fingerprint density at radius 1 is 1.30 bits per heavy atom. The third-order valence-electron chi connectivity index (χ3n) is 3.61. The van der Waals surface area contributed by atoms with Gasteiger partial charge in [0.25, 0.3) is 5.91 Å². The number of carboxylic acids is 2. The van der Waals surface area contributed by atoms with Crippen LogP contribution in [0.1, 0.15) is 19.3 Å². The topological polar surface area (TPSA) is 150 Å². The molecule has 23 heavy (non-hydrogen) atoms. The van der Waals surface area contributed by atoms with Crippen molar-refractivity contribution in [1.82, 2.24) is 10.2 Å². The molecule has 0 aromatic carbocycles. The van der Waals surface area contributed by atoms with Crippen molar-refractivity contribution in [3.8, 4) is 0 Å². The number of hydrogen-bond acceptors (Lipinski definition) is 6. The van der Waals surface area contributed by atoms with Gasteiger partial charge >= 0.3 is 11.9 Å². The van der Waals surface area contributed by atoms with Crippen LogP contribution in [0.2, 0.25) is 0 Å². The Labute approximate surface area is 135 Å². The fourth-order valence-corrected chi connectivity index (χ4v) is 3.85. The lowest BCUT2D eigenvalue weighted by atomic mass is 10.0. The molecule has 126 valence electrons. The summed E-state index contributed by atoms with van der Waals surface area (Å²) < 4.78 is 0. The van der Waals surface area contributed by atoms with E-state index in [4.69, 9.17) is 10.8 Å². The molecule has 0 aromatic heterocycles. The average molecular weight is 343 g/mol. The molecule has 2 amide bonds. The number of hydrogen-bond donors (Lipinski definition) is 4. The van der Waals surface area contributed by atoms with Crippen LogP contribution < -0.4 is 11.1 Å². The Morgan fingerprint density at radius 2 is 2.00 bits per heavy atom. The number of carbonyl (C=O) groups is 4. The van der Waals surface area contributed by atoms with Gasteiger partial charge in [-0.05, 0) is 12.0 Å². The Kier molecular flexibility index (Phi) is 5.26. The second-order valence-electron chi connectivity index (χ2n) is 5.16. The van der Waals surface area contributed by atoms with Crippen LogP contribution >= 0.6 is 11.8 Å². The number of nitrogens with two attached hydrogens (primary N) is 1. The van der Waals surface area contributed by atoms with Crippen LogP contribution in [0.15, 0.2) is 11.3 Å². The molecular formula is C13H17N3O6S.